The van der Waals surface area contributed by atoms with E-state index in [1.165, 1.54) is 13.3 Å². The molecule has 24 heavy (non-hydrogen) atoms. The highest BCUT2D eigenvalue weighted by Gasteiger charge is 2.31. The van der Waals surface area contributed by atoms with Gasteiger partial charge in [0.25, 0.3) is 0 Å². The van der Waals surface area contributed by atoms with Crippen molar-refractivity contribution in [2.45, 2.75) is 11.3 Å². The van der Waals surface area contributed by atoms with E-state index in [0.29, 0.717) is 6.20 Å². The van der Waals surface area contributed by atoms with Crippen LogP contribution in [0.3, 0.4) is 0 Å². The van der Waals surface area contributed by atoms with Crippen LogP contribution in [0.25, 0.3) is 11.3 Å². The molecule has 0 fully saturated rings. The van der Waals surface area contributed by atoms with E-state index in [1.807, 2.05) is 0 Å². The van der Waals surface area contributed by atoms with Gasteiger partial charge in [-0.2, -0.15) is 13.2 Å². The molecule has 0 unspecified atom stereocenters. The third kappa shape index (κ3) is 4.26. The molecule has 2 N–H and O–H groups in total. The zero-order valence-electron chi connectivity index (χ0n) is 12.1. The molecule has 11 heteroatoms. The van der Waals surface area contributed by atoms with Gasteiger partial charge in [0.05, 0.1) is 34.7 Å². The van der Waals surface area contributed by atoms with Gasteiger partial charge in [0.1, 0.15) is 5.82 Å². The van der Waals surface area contributed by atoms with Gasteiger partial charge in [0.15, 0.2) is 5.16 Å². The van der Waals surface area contributed by atoms with E-state index in [-0.39, 0.29) is 33.0 Å². The summed E-state index contributed by atoms with van der Waals surface area (Å²) in [7, 11) is 1.25. The van der Waals surface area contributed by atoms with Crippen molar-refractivity contribution >= 4 is 35.1 Å². The summed E-state index contributed by atoms with van der Waals surface area (Å²) < 4.78 is 42.4. The number of esters is 1. The van der Waals surface area contributed by atoms with Crippen LogP contribution in [0.5, 0.6) is 0 Å². The Morgan fingerprint density at radius 3 is 2.62 bits per heavy atom. The Balaban J connectivity index is 2.28. The van der Waals surface area contributed by atoms with Gasteiger partial charge in [-0.05, 0) is 6.07 Å². The van der Waals surface area contributed by atoms with Gasteiger partial charge in [-0.1, -0.05) is 23.4 Å². The van der Waals surface area contributed by atoms with E-state index < -0.39 is 17.7 Å². The molecule has 0 amide bonds. The number of anilines is 1. The Kier molecular flexibility index (Phi) is 5.50. The maximum Gasteiger partial charge on any atom is 0.417 e. The first-order chi connectivity index (χ1) is 11.2. The topological polar surface area (TPSA) is 91.0 Å². The number of aromatic nitrogens is 3. The van der Waals surface area contributed by atoms with Gasteiger partial charge in [-0.15, -0.1) is 0 Å². The standard InChI is InChI=1S/C13H10ClF3N4O2S/c1-23-9(22)5-24-12-20-4-7(11(18)21-12)10-8(14)2-6(3-19-10)13(15,16)17/h2-4H,5H2,1H3,(H2,18,20,21). The molecule has 0 saturated carbocycles. The first-order valence-electron chi connectivity index (χ1n) is 6.27. The number of ether oxygens (including phenoxy) is 1. The van der Waals surface area contributed by atoms with Gasteiger partial charge in [-0.25, -0.2) is 9.97 Å². The van der Waals surface area contributed by atoms with Crippen molar-refractivity contribution in [3.05, 3.63) is 29.0 Å². The van der Waals surface area contributed by atoms with E-state index in [9.17, 15) is 18.0 Å². The number of hydrogen-bond acceptors (Lipinski definition) is 7. The molecule has 0 spiro atoms. The van der Waals surface area contributed by atoms with Crippen LogP contribution in [0.1, 0.15) is 5.56 Å². The van der Waals surface area contributed by atoms with Gasteiger partial charge in [-0.3, -0.25) is 9.78 Å². The Labute approximate surface area is 143 Å². The third-order valence-electron chi connectivity index (χ3n) is 2.77. The van der Waals surface area contributed by atoms with E-state index >= 15 is 0 Å². The van der Waals surface area contributed by atoms with Crippen LogP contribution in [-0.4, -0.2) is 33.8 Å². The number of methoxy groups -OCH3 is 1. The predicted octanol–water partition coefficient (Wildman–Crippen LogP) is 3.06. The molecule has 0 atom stereocenters. The minimum atomic E-state index is -4.55. The van der Waals surface area contributed by atoms with Crippen molar-refractivity contribution in [3.63, 3.8) is 0 Å². The van der Waals surface area contributed by atoms with Gasteiger partial charge in [0, 0.05) is 12.4 Å². The largest absolute Gasteiger partial charge is 0.468 e. The first-order valence-corrected chi connectivity index (χ1v) is 7.64. The summed E-state index contributed by atoms with van der Waals surface area (Å²) in [6, 6.07) is 0.753. The molecule has 0 saturated heterocycles. The summed E-state index contributed by atoms with van der Waals surface area (Å²) in [5, 5.41) is -0.0141. The Bertz CT molecular complexity index is 773. The fourth-order valence-electron chi connectivity index (χ4n) is 1.60. The van der Waals surface area contributed by atoms with Gasteiger partial charge in [0.2, 0.25) is 0 Å². The number of hydrogen-bond donors (Lipinski definition) is 1. The highest BCUT2D eigenvalue weighted by Crippen LogP contribution is 2.35. The van der Waals surface area contributed by atoms with Crippen molar-refractivity contribution in [1.82, 2.24) is 15.0 Å². The highest BCUT2D eigenvalue weighted by molar-refractivity contribution is 7.99. The van der Waals surface area contributed by atoms with E-state index in [1.54, 1.807) is 0 Å². The van der Waals surface area contributed by atoms with Crippen LogP contribution in [-0.2, 0) is 15.7 Å². The zero-order valence-corrected chi connectivity index (χ0v) is 13.7. The minimum absolute atomic E-state index is 0.00538. The fourth-order valence-corrected chi connectivity index (χ4v) is 2.53. The van der Waals surface area contributed by atoms with Crippen molar-refractivity contribution in [1.29, 1.82) is 0 Å². The average Bonchev–Trinajstić information content (AvgIpc) is 2.52. The number of nitrogens with two attached hydrogens (primary N) is 1. The lowest BCUT2D eigenvalue weighted by molar-refractivity contribution is -0.138. The fraction of sp³-hybridized carbons (Fsp3) is 0.231. The Morgan fingerprint density at radius 1 is 1.38 bits per heavy atom. The van der Waals surface area contributed by atoms with Gasteiger partial charge < -0.3 is 10.5 Å². The molecule has 0 aliphatic rings. The smallest absolute Gasteiger partial charge is 0.417 e. The predicted molar refractivity (Wildman–Crippen MR) is 82.4 cm³/mol. The summed E-state index contributed by atoms with van der Waals surface area (Å²) >= 11 is 6.87. The maximum atomic E-state index is 12.6. The molecular weight excluding hydrogens is 369 g/mol. The highest BCUT2D eigenvalue weighted by atomic mass is 35.5. The Hall–Kier alpha value is -2.07. The molecule has 0 radical (unpaired) electrons. The Morgan fingerprint density at radius 2 is 2.08 bits per heavy atom. The summed E-state index contributed by atoms with van der Waals surface area (Å²) in [6.07, 6.45) is -2.62. The molecule has 2 heterocycles. The molecule has 0 aliphatic heterocycles. The van der Waals surface area contributed by atoms with Crippen LogP contribution in [0, 0.1) is 0 Å². The second kappa shape index (κ2) is 7.22. The van der Waals surface area contributed by atoms with Crippen molar-refractivity contribution < 1.29 is 22.7 Å². The lowest BCUT2D eigenvalue weighted by atomic mass is 10.1. The number of carbonyl (C=O) groups is 1. The SMILES string of the molecule is COC(=O)CSc1ncc(-c2ncc(C(F)(F)F)cc2Cl)c(N)n1. The number of thioether (sulfide) groups is 1. The maximum absolute atomic E-state index is 12.6. The number of nitrogens with zero attached hydrogens (tertiary/aromatic N) is 3. The molecule has 0 aliphatic carbocycles. The number of nitrogen functional groups attached to an aromatic ring is 1. The number of rotatable bonds is 4. The minimum Gasteiger partial charge on any atom is -0.468 e. The van der Waals surface area contributed by atoms with Crippen LogP contribution in [0.15, 0.2) is 23.6 Å². The average molecular weight is 379 g/mol. The van der Waals surface area contributed by atoms with Crippen molar-refractivity contribution in [2.75, 3.05) is 18.6 Å². The second-order valence-electron chi connectivity index (χ2n) is 4.37. The summed E-state index contributed by atoms with van der Waals surface area (Å²) in [5.74, 6) is -0.487. The molecule has 2 aromatic rings. The first kappa shape index (κ1) is 18.3. The molecule has 2 rings (SSSR count). The lowest BCUT2D eigenvalue weighted by Gasteiger charge is -2.10. The number of alkyl halides is 3. The molecule has 0 aromatic carbocycles. The zero-order chi connectivity index (χ0) is 17.9. The molecule has 0 bridgehead atoms. The van der Waals surface area contributed by atoms with Crippen LogP contribution < -0.4 is 5.73 Å². The molecule has 2 aromatic heterocycles. The van der Waals surface area contributed by atoms with Crippen LogP contribution in [0.4, 0.5) is 19.0 Å². The normalized spacial score (nSPS) is 11.4. The molecule has 6 nitrogen and oxygen atoms in total. The van der Waals surface area contributed by atoms with Crippen molar-refractivity contribution in [2.24, 2.45) is 0 Å². The quantitative estimate of drug-likeness (QED) is 0.496. The van der Waals surface area contributed by atoms with E-state index in [2.05, 4.69) is 19.7 Å². The lowest BCUT2D eigenvalue weighted by Crippen LogP contribution is -2.07. The number of carbonyl (C=O) groups excluding carboxylic acids is 1. The second-order valence-corrected chi connectivity index (χ2v) is 5.72. The van der Waals surface area contributed by atoms with Crippen molar-refractivity contribution in [3.8, 4) is 11.3 Å². The van der Waals surface area contributed by atoms with E-state index in [0.717, 1.165) is 17.8 Å². The van der Waals surface area contributed by atoms with Gasteiger partial charge >= 0.3 is 12.1 Å². The number of pyridine rings is 1. The van der Waals surface area contributed by atoms with Crippen LogP contribution >= 0.6 is 23.4 Å². The molecule has 128 valence electrons. The summed E-state index contributed by atoms with van der Waals surface area (Å²) in [5.41, 5.74) is 5.04. The number of halogens is 4. The summed E-state index contributed by atoms with van der Waals surface area (Å²) in [6.45, 7) is 0. The molecular formula is C13H10ClF3N4O2S. The monoisotopic (exact) mass is 378 g/mol. The summed E-state index contributed by atoms with van der Waals surface area (Å²) in [4.78, 5) is 22.7. The van der Waals surface area contributed by atoms with Crippen LogP contribution in [0.2, 0.25) is 5.02 Å². The third-order valence-corrected chi connectivity index (χ3v) is 3.89. The van der Waals surface area contributed by atoms with E-state index in [4.69, 9.17) is 17.3 Å².